The minimum Gasteiger partial charge on any atom is -0.336 e. The number of amides is 2. The molecular weight excluding hydrogens is 178 g/mol. The van der Waals surface area contributed by atoms with E-state index in [9.17, 15) is 4.79 Å². The maximum Gasteiger partial charge on any atom is 0.317 e. The Morgan fingerprint density at radius 3 is 2.57 bits per heavy atom. The Morgan fingerprint density at radius 2 is 2.07 bits per heavy atom. The van der Waals surface area contributed by atoms with Crippen LogP contribution >= 0.6 is 0 Å². The summed E-state index contributed by atoms with van der Waals surface area (Å²) in [5, 5.41) is 11.5. The summed E-state index contributed by atoms with van der Waals surface area (Å²) >= 11 is 0. The van der Waals surface area contributed by atoms with Crippen LogP contribution in [0.4, 0.5) is 4.79 Å². The average Bonchev–Trinajstić information content (AvgIpc) is 2.67. The molecule has 1 aliphatic rings. The molecule has 0 spiro atoms. The van der Waals surface area contributed by atoms with Crippen molar-refractivity contribution >= 4 is 6.03 Å². The van der Waals surface area contributed by atoms with Crippen LogP contribution in [-0.4, -0.2) is 30.6 Å². The van der Waals surface area contributed by atoms with Gasteiger partial charge in [0.05, 0.1) is 11.5 Å². The van der Waals surface area contributed by atoms with E-state index in [-0.39, 0.29) is 6.03 Å². The van der Waals surface area contributed by atoms with Crippen molar-refractivity contribution in [3.8, 4) is 6.07 Å². The number of hydrogen-bond donors (Lipinski definition) is 1. The zero-order valence-corrected chi connectivity index (χ0v) is 8.84. The molecule has 0 saturated carbocycles. The molecule has 78 valence electrons. The highest BCUT2D eigenvalue weighted by atomic mass is 16.2. The molecule has 1 aliphatic heterocycles. The number of carbonyl (C=O) groups excluding carboxylic acids is 1. The lowest BCUT2D eigenvalue weighted by atomic mass is 9.96. The van der Waals surface area contributed by atoms with Crippen molar-refractivity contribution in [2.75, 3.05) is 19.6 Å². The summed E-state index contributed by atoms with van der Waals surface area (Å²) in [6.45, 7) is 5.74. The molecule has 1 saturated heterocycles. The van der Waals surface area contributed by atoms with E-state index in [1.165, 1.54) is 0 Å². The number of likely N-dealkylation sites (tertiary alicyclic amines) is 1. The van der Waals surface area contributed by atoms with Gasteiger partial charge < -0.3 is 10.2 Å². The first-order chi connectivity index (χ1) is 6.55. The van der Waals surface area contributed by atoms with Crippen LogP contribution in [0.1, 0.15) is 26.7 Å². The van der Waals surface area contributed by atoms with E-state index in [1.807, 2.05) is 13.8 Å². The number of urea groups is 1. The zero-order chi connectivity index (χ0) is 10.6. The standard InChI is InChI=1S/C10H17N3O/c1-10(2,7-11)8-12-9(14)13-5-3-4-6-13/h3-6,8H2,1-2H3,(H,12,14). The molecule has 0 bridgehead atoms. The van der Waals surface area contributed by atoms with Gasteiger partial charge in [-0.1, -0.05) is 0 Å². The van der Waals surface area contributed by atoms with Gasteiger partial charge in [-0.2, -0.15) is 5.26 Å². The van der Waals surface area contributed by atoms with Gasteiger partial charge in [0.15, 0.2) is 0 Å². The van der Waals surface area contributed by atoms with Gasteiger partial charge in [-0.05, 0) is 26.7 Å². The third kappa shape index (κ3) is 2.91. The van der Waals surface area contributed by atoms with Crippen molar-refractivity contribution in [1.29, 1.82) is 5.26 Å². The first kappa shape index (κ1) is 10.8. The molecule has 4 nitrogen and oxygen atoms in total. The van der Waals surface area contributed by atoms with Gasteiger partial charge in [0.1, 0.15) is 0 Å². The molecule has 0 unspecified atom stereocenters. The molecule has 1 heterocycles. The molecule has 0 atom stereocenters. The summed E-state index contributed by atoms with van der Waals surface area (Å²) in [6, 6.07) is 2.12. The first-order valence-corrected chi connectivity index (χ1v) is 4.99. The molecule has 1 fully saturated rings. The van der Waals surface area contributed by atoms with Gasteiger partial charge in [-0.3, -0.25) is 0 Å². The highest BCUT2D eigenvalue weighted by molar-refractivity contribution is 5.74. The van der Waals surface area contributed by atoms with Crippen LogP contribution in [0, 0.1) is 16.7 Å². The van der Waals surface area contributed by atoms with Gasteiger partial charge >= 0.3 is 6.03 Å². The number of nitrogens with one attached hydrogen (secondary N) is 1. The second-order valence-electron chi connectivity index (χ2n) is 4.35. The van der Waals surface area contributed by atoms with Gasteiger partial charge in [0.25, 0.3) is 0 Å². The van der Waals surface area contributed by atoms with Gasteiger partial charge in [0, 0.05) is 19.6 Å². The van der Waals surface area contributed by atoms with Crippen molar-refractivity contribution in [3.63, 3.8) is 0 Å². The highest BCUT2D eigenvalue weighted by Gasteiger charge is 2.21. The van der Waals surface area contributed by atoms with Crippen molar-refractivity contribution in [1.82, 2.24) is 10.2 Å². The van der Waals surface area contributed by atoms with E-state index in [0.29, 0.717) is 6.54 Å². The molecule has 0 radical (unpaired) electrons. The highest BCUT2D eigenvalue weighted by Crippen LogP contribution is 2.12. The first-order valence-electron chi connectivity index (χ1n) is 4.99. The Balaban J connectivity index is 2.31. The van der Waals surface area contributed by atoms with Crippen LogP contribution in [0.25, 0.3) is 0 Å². The van der Waals surface area contributed by atoms with E-state index in [0.717, 1.165) is 25.9 Å². The topological polar surface area (TPSA) is 56.1 Å². The largest absolute Gasteiger partial charge is 0.336 e. The average molecular weight is 195 g/mol. The van der Waals surface area contributed by atoms with Gasteiger partial charge in [0.2, 0.25) is 0 Å². The fourth-order valence-corrected chi connectivity index (χ4v) is 1.37. The molecule has 14 heavy (non-hydrogen) atoms. The number of nitrogens with zero attached hydrogens (tertiary/aromatic N) is 2. The Kier molecular flexibility index (Phi) is 3.34. The van der Waals surface area contributed by atoms with Gasteiger partial charge in [-0.15, -0.1) is 0 Å². The number of nitriles is 1. The lowest BCUT2D eigenvalue weighted by molar-refractivity contribution is 0.205. The fraction of sp³-hybridized carbons (Fsp3) is 0.800. The van der Waals surface area contributed by atoms with Crippen LogP contribution in [0.3, 0.4) is 0 Å². The molecule has 0 aromatic heterocycles. The number of hydrogen-bond acceptors (Lipinski definition) is 2. The number of rotatable bonds is 2. The van der Waals surface area contributed by atoms with Crippen LogP contribution in [0.5, 0.6) is 0 Å². The molecule has 4 heteroatoms. The molecular formula is C10H17N3O. The molecule has 1 rings (SSSR count). The van der Waals surface area contributed by atoms with Crippen LogP contribution in [-0.2, 0) is 0 Å². The van der Waals surface area contributed by atoms with Crippen molar-refractivity contribution in [2.24, 2.45) is 5.41 Å². The van der Waals surface area contributed by atoms with Crippen molar-refractivity contribution < 1.29 is 4.79 Å². The van der Waals surface area contributed by atoms with E-state index >= 15 is 0 Å². The SMILES string of the molecule is CC(C)(C#N)CNC(=O)N1CCCC1. The second-order valence-corrected chi connectivity index (χ2v) is 4.35. The zero-order valence-electron chi connectivity index (χ0n) is 8.84. The lowest BCUT2D eigenvalue weighted by Gasteiger charge is -2.20. The number of carbonyl (C=O) groups is 1. The summed E-state index contributed by atoms with van der Waals surface area (Å²) in [4.78, 5) is 13.3. The predicted molar refractivity (Wildman–Crippen MR) is 53.6 cm³/mol. The summed E-state index contributed by atoms with van der Waals surface area (Å²) in [7, 11) is 0. The Bertz CT molecular complexity index is 249. The second kappa shape index (κ2) is 4.32. The third-order valence-corrected chi connectivity index (χ3v) is 2.38. The molecule has 0 aliphatic carbocycles. The summed E-state index contributed by atoms with van der Waals surface area (Å²) in [5.74, 6) is 0. The lowest BCUT2D eigenvalue weighted by Crippen LogP contribution is -2.41. The molecule has 1 N–H and O–H groups in total. The summed E-state index contributed by atoms with van der Waals surface area (Å²) in [6.07, 6.45) is 2.18. The van der Waals surface area contributed by atoms with Gasteiger partial charge in [-0.25, -0.2) is 4.79 Å². The minimum absolute atomic E-state index is 0.0363. The van der Waals surface area contributed by atoms with E-state index in [1.54, 1.807) is 4.90 Å². The fourth-order valence-electron chi connectivity index (χ4n) is 1.37. The summed E-state index contributed by atoms with van der Waals surface area (Å²) in [5.41, 5.74) is -0.477. The molecule has 2 amide bonds. The Labute approximate surface area is 84.9 Å². The predicted octanol–water partition coefficient (Wildman–Crippen LogP) is 1.34. The third-order valence-electron chi connectivity index (χ3n) is 2.38. The van der Waals surface area contributed by atoms with E-state index < -0.39 is 5.41 Å². The van der Waals surface area contributed by atoms with Crippen LogP contribution < -0.4 is 5.32 Å². The Hall–Kier alpha value is -1.24. The van der Waals surface area contributed by atoms with Crippen molar-refractivity contribution in [2.45, 2.75) is 26.7 Å². The van der Waals surface area contributed by atoms with E-state index in [4.69, 9.17) is 5.26 Å². The van der Waals surface area contributed by atoms with Crippen molar-refractivity contribution in [3.05, 3.63) is 0 Å². The smallest absolute Gasteiger partial charge is 0.317 e. The molecule has 0 aromatic rings. The molecule has 0 aromatic carbocycles. The van der Waals surface area contributed by atoms with Crippen LogP contribution in [0.2, 0.25) is 0 Å². The maximum atomic E-state index is 11.5. The normalized spacial score (nSPS) is 16.5. The Morgan fingerprint density at radius 1 is 1.50 bits per heavy atom. The monoisotopic (exact) mass is 195 g/mol. The minimum atomic E-state index is -0.477. The van der Waals surface area contributed by atoms with E-state index in [2.05, 4.69) is 11.4 Å². The maximum absolute atomic E-state index is 11.5. The summed E-state index contributed by atoms with van der Waals surface area (Å²) < 4.78 is 0. The quantitative estimate of drug-likeness (QED) is 0.723. The van der Waals surface area contributed by atoms with Crippen LogP contribution in [0.15, 0.2) is 0 Å².